The van der Waals surface area contributed by atoms with Gasteiger partial charge < -0.3 is 10.4 Å². The van der Waals surface area contributed by atoms with Gasteiger partial charge in [-0.1, -0.05) is 30.3 Å². The van der Waals surface area contributed by atoms with Crippen LogP contribution in [0.25, 0.3) is 0 Å². The second kappa shape index (κ2) is 5.68. The SMILES string of the molecule is O=C(O)[C@@H](NC(=O)C(F)(F)C(F)F)c1ccccc1. The summed E-state index contributed by atoms with van der Waals surface area (Å²) in [6.07, 6.45) is -4.21. The first-order chi connectivity index (χ1) is 8.76. The first-order valence-electron chi connectivity index (χ1n) is 5.01. The molecule has 104 valence electrons. The van der Waals surface area contributed by atoms with E-state index in [1.807, 2.05) is 0 Å². The van der Waals surface area contributed by atoms with Crippen molar-refractivity contribution in [3.63, 3.8) is 0 Å². The third-order valence-electron chi connectivity index (χ3n) is 2.23. The van der Waals surface area contributed by atoms with Crippen LogP contribution in [-0.2, 0) is 9.59 Å². The Morgan fingerprint density at radius 1 is 1.16 bits per heavy atom. The molecule has 19 heavy (non-hydrogen) atoms. The molecule has 8 heteroatoms. The van der Waals surface area contributed by atoms with Crippen LogP contribution in [0.15, 0.2) is 30.3 Å². The largest absolute Gasteiger partial charge is 0.479 e. The van der Waals surface area contributed by atoms with Crippen molar-refractivity contribution < 1.29 is 32.3 Å². The molecule has 0 bridgehead atoms. The van der Waals surface area contributed by atoms with Crippen LogP contribution >= 0.6 is 0 Å². The van der Waals surface area contributed by atoms with Crippen LogP contribution in [0.1, 0.15) is 11.6 Å². The zero-order valence-corrected chi connectivity index (χ0v) is 9.32. The van der Waals surface area contributed by atoms with Gasteiger partial charge in [-0.15, -0.1) is 0 Å². The van der Waals surface area contributed by atoms with E-state index in [0.717, 1.165) is 0 Å². The molecule has 0 saturated carbocycles. The lowest BCUT2D eigenvalue weighted by Crippen LogP contribution is -2.48. The molecule has 1 rings (SSSR count). The van der Waals surface area contributed by atoms with Crippen molar-refractivity contribution >= 4 is 11.9 Å². The summed E-state index contributed by atoms with van der Waals surface area (Å²) in [5.74, 6) is -8.91. The standard InChI is InChI=1S/C11H9F4NO3/c12-9(13)11(14,15)10(19)16-7(8(17)18)6-4-2-1-3-5-6/h1-5,7,9H,(H,16,19)(H,17,18)/t7-/m0/s1. The van der Waals surface area contributed by atoms with Gasteiger partial charge in [0.2, 0.25) is 0 Å². The second-order valence-corrected chi connectivity index (χ2v) is 3.58. The summed E-state index contributed by atoms with van der Waals surface area (Å²) in [6.45, 7) is 0. The summed E-state index contributed by atoms with van der Waals surface area (Å²) in [7, 11) is 0. The first-order valence-corrected chi connectivity index (χ1v) is 5.01. The molecule has 0 saturated heterocycles. The molecule has 0 radical (unpaired) electrons. The Morgan fingerprint density at radius 3 is 2.11 bits per heavy atom. The van der Waals surface area contributed by atoms with Crippen LogP contribution in [-0.4, -0.2) is 29.3 Å². The molecule has 4 nitrogen and oxygen atoms in total. The maximum Gasteiger partial charge on any atom is 0.383 e. The van der Waals surface area contributed by atoms with E-state index >= 15 is 0 Å². The molecule has 1 atom stereocenters. The highest BCUT2D eigenvalue weighted by Gasteiger charge is 2.50. The van der Waals surface area contributed by atoms with Gasteiger partial charge in [-0.25, -0.2) is 13.6 Å². The predicted molar refractivity (Wildman–Crippen MR) is 55.9 cm³/mol. The highest BCUT2D eigenvalue weighted by Crippen LogP contribution is 2.24. The highest BCUT2D eigenvalue weighted by molar-refractivity contribution is 5.89. The number of hydrogen-bond donors (Lipinski definition) is 2. The summed E-state index contributed by atoms with van der Waals surface area (Å²) >= 11 is 0. The summed E-state index contributed by atoms with van der Waals surface area (Å²) in [5, 5.41) is 10.2. The highest BCUT2D eigenvalue weighted by atomic mass is 19.3. The number of rotatable bonds is 5. The topological polar surface area (TPSA) is 66.4 Å². The molecular weight excluding hydrogens is 270 g/mol. The van der Waals surface area contributed by atoms with E-state index in [4.69, 9.17) is 5.11 Å². The van der Waals surface area contributed by atoms with Gasteiger partial charge in [0.05, 0.1) is 0 Å². The zero-order valence-electron chi connectivity index (χ0n) is 9.32. The maximum absolute atomic E-state index is 12.7. The number of carbonyl (C=O) groups is 2. The summed E-state index contributed by atoms with van der Waals surface area (Å²) in [4.78, 5) is 21.9. The third kappa shape index (κ3) is 3.43. The molecule has 0 aliphatic heterocycles. The summed E-state index contributed by atoms with van der Waals surface area (Å²) < 4.78 is 49.4. The summed E-state index contributed by atoms with van der Waals surface area (Å²) in [5.41, 5.74) is -0.00610. The Balaban J connectivity index is 2.93. The van der Waals surface area contributed by atoms with E-state index in [9.17, 15) is 27.2 Å². The average molecular weight is 279 g/mol. The van der Waals surface area contributed by atoms with Crippen molar-refractivity contribution in [1.29, 1.82) is 0 Å². The number of aliphatic carboxylic acids is 1. The number of halogens is 4. The van der Waals surface area contributed by atoms with E-state index in [1.165, 1.54) is 35.6 Å². The number of alkyl halides is 4. The number of benzene rings is 1. The first kappa shape index (κ1) is 14.9. The van der Waals surface area contributed by atoms with Crippen molar-refractivity contribution in [2.45, 2.75) is 18.4 Å². The summed E-state index contributed by atoms with van der Waals surface area (Å²) in [6, 6.07) is 5.08. The molecule has 1 aromatic rings. The number of hydrogen-bond acceptors (Lipinski definition) is 2. The molecule has 0 aliphatic rings. The van der Waals surface area contributed by atoms with Crippen LogP contribution in [0.2, 0.25) is 0 Å². The van der Waals surface area contributed by atoms with Crippen LogP contribution in [0.3, 0.4) is 0 Å². The van der Waals surface area contributed by atoms with Crippen LogP contribution in [0, 0.1) is 0 Å². The van der Waals surface area contributed by atoms with Gasteiger partial charge in [-0.2, -0.15) is 8.78 Å². The zero-order chi connectivity index (χ0) is 14.6. The Hall–Kier alpha value is -2.12. The monoisotopic (exact) mass is 279 g/mol. The smallest absolute Gasteiger partial charge is 0.383 e. The van der Waals surface area contributed by atoms with Crippen molar-refractivity contribution in [1.82, 2.24) is 5.32 Å². The second-order valence-electron chi connectivity index (χ2n) is 3.58. The van der Waals surface area contributed by atoms with E-state index < -0.39 is 30.3 Å². The minimum Gasteiger partial charge on any atom is -0.479 e. The van der Waals surface area contributed by atoms with Gasteiger partial charge in [0, 0.05) is 0 Å². The molecule has 0 aromatic heterocycles. The van der Waals surface area contributed by atoms with Crippen LogP contribution in [0.4, 0.5) is 17.6 Å². The van der Waals surface area contributed by atoms with Gasteiger partial charge in [-0.05, 0) is 5.56 Å². The number of carbonyl (C=O) groups excluding carboxylic acids is 1. The van der Waals surface area contributed by atoms with Gasteiger partial charge in [0.25, 0.3) is 5.91 Å². The van der Waals surface area contributed by atoms with Gasteiger partial charge in [-0.3, -0.25) is 4.79 Å². The molecule has 0 unspecified atom stereocenters. The number of carboxylic acid groups (broad SMARTS) is 1. The number of nitrogens with one attached hydrogen (secondary N) is 1. The Kier molecular flexibility index (Phi) is 4.47. The fourth-order valence-electron chi connectivity index (χ4n) is 1.26. The fourth-order valence-corrected chi connectivity index (χ4v) is 1.26. The lowest BCUT2D eigenvalue weighted by Gasteiger charge is -2.19. The van der Waals surface area contributed by atoms with Gasteiger partial charge in [0.1, 0.15) is 0 Å². The Morgan fingerprint density at radius 2 is 1.68 bits per heavy atom. The van der Waals surface area contributed by atoms with Crippen molar-refractivity contribution in [2.24, 2.45) is 0 Å². The van der Waals surface area contributed by atoms with Gasteiger partial charge >= 0.3 is 18.3 Å². The minimum absolute atomic E-state index is 0.00610. The van der Waals surface area contributed by atoms with E-state index in [-0.39, 0.29) is 5.56 Å². The third-order valence-corrected chi connectivity index (χ3v) is 2.23. The number of carboxylic acids is 1. The van der Waals surface area contributed by atoms with Gasteiger partial charge in [0.15, 0.2) is 6.04 Å². The maximum atomic E-state index is 12.7. The van der Waals surface area contributed by atoms with E-state index in [0.29, 0.717) is 0 Å². The molecule has 2 N–H and O–H groups in total. The van der Waals surface area contributed by atoms with Crippen molar-refractivity contribution in [3.8, 4) is 0 Å². The Labute approximate surface area is 105 Å². The lowest BCUT2D eigenvalue weighted by molar-refractivity contribution is -0.171. The molecule has 0 heterocycles. The van der Waals surface area contributed by atoms with Crippen LogP contribution in [0.5, 0.6) is 0 Å². The Bertz CT molecular complexity index is 464. The molecule has 1 amide bonds. The quantitative estimate of drug-likeness (QED) is 0.808. The normalized spacial score (nSPS) is 13.1. The van der Waals surface area contributed by atoms with Crippen molar-refractivity contribution in [3.05, 3.63) is 35.9 Å². The fraction of sp³-hybridized carbons (Fsp3) is 0.273. The van der Waals surface area contributed by atoms with E-state index in [1.54, 1.807) is 0 Å². The molecular formula is C11H9F4NO3. The predicted octanol–water partition coefficient (Wildman–Crippen LogP) is 1.83. The van der Waals surface area contributed by atoms with Crippen molar-refractivity contribution in [2.75, 3.05) is 0 Å². The lowest BCUT2D eigenvalue weighted by atomic mass is 10.1. The molecule has 0 spiro atoms. The number of amides is 1. The average Bonchev–Trinajstić information content (AvgIpc) is 2.35. The minimum atomic E-state index is -4.94. The van der Waals surface area contributed by atoms with Crippen LogP contribution < -0.4 is 5.32 Å². The van der Waals surface area contributed by atoms with E-state index in [2.05, 4.69) is 0 Å². The molecule has 1 aromatic carbocycles. The molecule has 0 aliphatic carbocycles. The molecule has 0 fully saturated rings.